The molecule has 0 heterocycles. The Bertz CT molecular complexity index is 275. The lowest BCUT2D eigenvalue weighted by Gasteiger charge is -1.89. The second-order valence-electron chi connectivity index (χ2n) is 2.15. The van der Waals surface area contributed by atoms with Gasteiger partial charge in [-0.25, -0.2) is 9.18 Å². The molecule has 0 bridgehead atoms. The number of rotatable bonds is 1. The SMILES string of the molecule is O=C(O)C1=CC(=O)/C(=C/F)C1. The molecule has 0 saturated carbocycles. The van der Waals surface area contributed by atoms with Crippen molar-refractivity contribution in [3.63, 3.8) is 0 Å². The Hall–Kier alpha value is -1.45. The highest BCUT2D eigenvalue weighted by atomic mass is 19.1. The Morgan fingerprint density at radius 2 is 2.36 bits per heavy atom. The van der Waals surface area contributed by atoms with E-state index in [1.165, 1.54) is 0 Å². The zero-order valence-corrected chi connectivity index (χ0v) is 5.50. The first-order valence-corrected chi connectivity index (χ1v) is 2.92. The zero-order chi connectivity index (χ0) is 8.43. The molecule has 0 unspecified atom stereocenters. The first-order chi connectivity index (χ1) is 5.15. The van der Waals surface area contributed by atoms with E-state index in [-0.39, 0.29) is 23.9 Å². The smallest absolute Gasteiger partial charge is 0.332 e. The summed E-state index contributed by atoms with van der Waals surface area (Å²) in [6.45, 7) is 0. The summed E-state index contributed by atoms with van der Waals surface area (Å²) in [5.41, 5.74) is -0.152. The highest BCUT2D eigenvalue weighted by Gasteiger charge is 2.22. The Kier molecular flexibility index (Phi) is 1.85. The molecule has 0 amide bonds. The van der Waals surface area contributed by atoms with Gasteiger partial charge in [0.25, 0.3) is 0 Å². The standard InChI is InChI=1S/C7H5FO3/c8-3-5-1-4(7(10)11)2-6(5)9/h2-3H,1H2,(H,10,11)/b5-3+. The summed E-state index contributed by atoms with van der Waals surface area (Å²) in [5, 5.41) is 8.37. The van der Waals surface area contributed by atoms with Crippen LogP contribution in [0.5, 0.6) is 0 Å². The predicted molar refractivity (Wildman–Crippen MR) is 34.5 cm³/mol. The van der Waals surface area contributed by atoms with Crippen molar-refractivity contribution in [2.75, 3.05) is 0 Å². The number of hydrogen-bond acceptors (Lipinski definition) is 2. The number of carbonyl (C=O) groups is 2. The minimum absolute atomic E-state index is 0.0566. The van der Waals surface area contributed by atoms with E-state index < -0.39 is 11.8 Å². The van der Waals surface area contributed by atoms with Crippen LogP contribution in [0.4, 0.5) is 4.39 Å². The monoisotopic (exact) mass is 156 g/mol. The van der Waals surface area contributed by atoms with Crippen LogP contribution in [-0.2, 0) is 9.59 Å². The Morgan fingerprint density at radius 3 is 2.64 bits per heavy atom. The van der Waals surface area contributed by atoms with Gasteiger partial charge in [-0.05, 0) is 6.08 Å². The molecule has 0 aromatic carbocycles. The van der Waals surface area contributed by atoms with Crippen LogP contribution in [-0.4, -0.2) is 16.9 Å². The largest absolute Gasteiger partial charge is 0.478 e. The van der Waals surface area contributed by atoms with Gasteiger partial charge in [0.05, 0.1) is 6.33 Å². The molecule has 0 saturated heterocycles. The fraction of sp³-hybridized carbons (Fsp3) is 0.143. The fourth-order valence-corrected chi connectivity index (χ4v) is 0.824. The molecule has 0 aromatic rings. The third kappa shape index (κ3) is 1.34. The molecule has 1 aliphatic carbocycles. The quantitative estimate of drug-likeness (QED) is 0.572. The van der Waals surface area contributed by atoms with Crippen molar-refractivity contribution < 1.29 is 19.1 Å². The van der Waals surface area contributed by atoms with Crippen molar-refractivity contribution >= 4 is 11.8 Å². The topological polar surface area (TPSA) is 54.4 Å². The molecular formula is C7H5FO3. The molecule has 0 aromatic heterocycles. The van der Waals surface area contributed by atoms with Gasteiger partial charge in [-0.2, -0.15) is 0 Å². The molecule has 11 heavy (non-hydrogen) atoms. The third-order valence-electron chi connectivity index (χ3n) is 1.41. The number of halogens is 1. The minimum atomic E-state index is -1.17. The number of carboxylic acids is 1. The summed E-state index contributed by atoms with van der Waals surface area (Å²) < 4.78 is 11.8. The average Bonchev–Trinajstić information content (AvgIpc) is 2.31. The summed E-state index contributed by atoms with van der Waals surface area (Å²) in [6.07, 6.45) is 0.979. The maximum Gasteiger partial charge on any atom is 0.332 e. The lowest BCUT2D eigenvalue weighted by Crippen LogP contribution is -1.96. The third-order valence-corrected chi connectivity index (χ3v) is 1.41. The van der Waals surface area contributed by atoms with E-state index in [9.17, 15) is 14.0 Å². The maximum atomic E-state index is 11.8. The summed E-state index contributed by atoms with van der Waals surface area (Å²) in [5.74, 6) is -1.72. The van der Waals surface area contributed by atoms with Crippen LogP contribution in [0.1, 0.15) is 6.42 Å². The minimum Gasteiger partial charge on any atom is -0.478 e. The molecule has 58 valence electrons. The van der Waals surface area contributed by atoms with Crippen molar-refractivity contribution in [1.29, 1.82) is 0 Å². The van der Waals surface area contributed by atoms with Gasteiger partial charge in [-0.1, -0.05) is 0 Å². The first-order valence-electron chi connectivity index (χ1n) is 2.92. The predicted octanol–water partition coefficient (Wildman–Crippen LogP) is 0.824. The van der Waals surface area contributed by atoms with E-state index >= 15 is 0 Å². The van der Waals surface area contributed by atoms with E-state index in [2.05, 4.69) is 0 Å². The van der Waals surface area contributed by atoms with Gasteiger partial charge in [-0.15, -0.1) is 0 Å². The Morgan fingerprint density at radius 1 is 1.73 bits per heavy atom. The number of allylic oxidation sites excluding steroid dienone is 2. The lowest BCUT2D eigenvalue weighted by atomic mass is 10.2. The summed E-state index contributed by atoms with van der Waals surface area (Å²) in [4.78, 5) is 20.9. The molecule has 3 nitrogen and oxygen atoms in total. The molecule has 0 fully saturated rings. The second kappa shape index (κ2) is 2.65. The van der Waals surface area contributed by atoms with Crippen LogP contribution in [0.3, 0.4) is 0 Å². The molecule has 0 spiro atoms. The van der Waals surface area contributed by atoms with Gasteiger partial charge in [0, 0.05) is 17.6 Å². The molecule has 0 aliphatic heterocycles. The Labute approximate surface area is 61.8 Å². The molecular weight excluding hydrogens is 151 g/mol. The molecule has 0 atom stereocenters. The first kappa shape index (κ1) is 7.65. The van der Waals surface area contributed by atoms with Gasteiger partial charge in [0.2, 0.25) is 0 Å². The van der Waals surface area contributed by atoms with Gasteiger partial charge in [0.15, 0.2) is 5.78 Å². The maximum absolute atomic E-state index is 11.8. The molecule has 4 heteroatoms. The zero-order valence-electron chi connectivity index (χ0n) is 5.50. The van der Waals surface area contributed by atoms with Crippen molar-refractivity contribution in [2.24, 2.45) is 0 Å². The van der Waals surface area contributed by atoms with E-state index in [0.717, 1.165) is 6.08 Å². The molecule has 1 aliphatic rings. The van der Waals surface area contributed by atoms with Crippen molar-refractivity contribution in [1.82, 2.24) is 0 Å². The van der Waals surface area contributed by atoms with Gasteiger partial charge >= 0.3 is 5.97 Å². The van der Waals surface area contributed by atoms with Gasteiger partial charge < -0.3 is 5.11 Å². The van der Waals surface area contributed by atoms with E-state index in [1.54, 1.807) is 0 Å². The van der Waals surface area contributed by atoms with Crippen LogP contribution in [0, 0.1) is 0 Å². The summed E-state index contributed by atoms with van der Waals surface area (Å²) >= 11 is 0. The molecule has 1 rings (SSSR count). The van der Waals surface area contributed by atoms with Gasteiger partial charge in [-0.3, -0.25) is 4.79 Å². The Balaban J connectivity index is 2.88. The lowest BCUT2D eigenvalue weighted by molar-refractivity contribution is -0.132. The van der Waals surface area contributed by atoms with Crippen LogP contribution < -0.4 is 0 Å². The highest BCUT2D eigenvalue weighted by Crippen LogP contribution is 2.20. The van der Waals surface area contributed by atoms with Crippen LogP contribution in [0.25, 0.3) is 0 Å². The summed E-state index contributed by atoms with van der Waals surface area (Å²) in [6, 6.07) is 0. The van der Waals surface area contributed by atoms with E-state index in [1.807, 2.05) is 0 Å². The number of hydrogen-bond donors (Lipinski definition) is 1. The normalized spacial score (nSPS) is 20.6. The fourth-order valence-electron chi connectivity index (χ4n) is 0.824. The number of carboxylic acid groups (broad SMARTS) is 1. The van der Waals surface area contributed by atoms with Crippen molar-refractivity contribution in [3.05, 3.63) is 23.6 Å². The average molecular weight is 156 g/mol. The van der Waals surface area contributed by atoms with E-state index in [4.69, 9.17) is 5.11 Å². The number of carbonyl (C=O) groups excluding carboxylic acids is 1. The van der Waals surface area contributed by atoms with Crippen molar-refractivity contribution in [2.45, 2.75) is 6.42 Å². The van der Waals surface area contributed by atoms with E-state index in [0.29, 0.717) is 0 Å². The van der Waals surface area contributed by atoms with Crippen LogP contribution in [0.2, 0.25) is 0 Å². The number of aliphatic carboxylic acids is 1. The molecule has 1 N–H and O–H groups in total. The highest BCUT2D eigenvalue weighted by molar-refractivity contribution is 6.12. The van der Waals surface area contributed by atoms with Crippen molar-refractivity contribution in [3.8, 4) is 0 Å². The van der Waals surface area contributed by atoms with Crippen LogP contribution in [0.15, 0.2) is 23.6 Å². The van der Waals surface area contributed by atoms with Gasteiger partial charge in [0.1, 0.15) is 0 Å². The summed E-state index contributed by atoms with van der Waals surface area (Å²) in [7, 11) is 0. The second-order valence-corrected chi connectivity index (χ2v) is 2.15. The van der Waals surface area contributed by atoms with Crippen LogP contribution >= 0.6 is 0 Å². The number of ketones is 1. The molecule has 0 radical (unpaired) electrons.